The smallest absolute Gasteiger partial charge is 0.163 e. The molecule has 0 radical (unpaired) electrons. The molecule has 0 aromatic rings. The van der Waals surface area contributed by atoms with Crippen molar-refractivity contribution in [3.63, 3.8) is 0 Å². The predicted octanol–water partition coefficient (Wildman–Crippen LogP) is 0.929. The minimum atomic E-state index is -0.516. The van der Waals surface area contributed by atoms with E-state index in [2.05, 4.69) is 5.92 Å². The second-order valence-corrected chi connectivity index (χ2v) is 3.89. The zero-order chi connectivity index (χ0) is 9.47. The van der Waals surface area contributed by atoms with Crippen molar-refractivity contribution in [2.45, 2.75) is 44.4 Å². The van der Waals surface area contributed by atoms with Crippen LogP contribution < -0.4 is 0 Å². The largest absolute Gasteiger partial charge is 0.363 e. The lowest BCUT2D eigenvalue weighted by Gasteiger charge is -2.27. The van der Waals surface area contributed by atoms with Crippen LogP contribution in [-0.2, 0) is 14.2 Å². The van der Waals surface area contributed by atoms with Crippen LogP contribution in [-0.4, -0.2) is 30.7 Å². The molecule has 0 aromatic carbocycles. The van der Waals surface area contributed by atoms with Crippen LogP contribution in [0.2, 0.25) is 0 Å². The van der Waals surface area contributed by atoms with Crippen LogP contribution in [0.5, 0.6) is 0 Å². The molecule has 0 N–H and O–H groups in total. The quantitative estimate of drug-likeness (QED) is 0.521. The van der Waals surface area contributed by atoms with Crippen molar-refractivity contribution < 1.29 is 14.2 Å². The average Bonchev–Trinajstić information content (AvgIpc) is 2.37. The number of hydrogen-bond donors (Lipinski definition) is 0. The van der Waals surface area contributed by atoms with Crippen molar-refractivity contribution in [2.24, 2.45) is 0 Å². The van der Waals surface area contributed by atoms with Gasteiger partial charge in [-0.2, -0.15) is 0 Å². The highest BCUT2D eigenvalue weighted by atomic mass is 16.8. The molecule has 0 aromatic heterocycles. The highest BCUT2D eigenvalue weighted by Crippen LogP contribution is 2.34. The summed E-state index contributed by atoms with van der Waals surface area (Å²) in [6.07, 6.45) is 5.97. The molecule has 2 saturated heterocycles. The van der Waals surface area contributed by atoms with Crippen LogP contribution in [0.15, 0.2) is 0 Å². The lowest BCUT2D eigenvalue weighted by molar-refractivity contribution is -0.149. The highest BCUT2D eigenvalue weighted by Gasteiger charge is 2.47. The number of terminal acetylenes is 1. The van der Waals surface area contributed by atoms with Gasteiger partial charge in [0.1, 0.15) is 12.2 Å². The van der Waals surface area contributed by atoms with Gasteiger partial charge in [-0.1, -0.05) is 5.92 Å². The molecule has 2 fully saturated rings. The van der Waals surface area contributed by atoms with Gasteiger partial charge in [0.15, 0.2) is 5.79 Å². The molecule has 0 saturated carbocycles. The van der Waals surface area contributed by atoms with Gasteiger partial charge >= 0.3 is 0 Å². The summed E-state index contributed by atoms with van der Waals surface area (Å²) in [6, 6.07) is 0. The van der Waals surface area contributed by atoms with E-state index in [-0.39, 0.29) is 18.3 Å². The maximum Gasteiger partial charge on any atom is 0.163 e. The zero-order valence-electron chi connectivity index (χ0n) is 7.95. The molecule has 13 heavy (non-hydrogen) atoms. The second-order valence-electron chi connectivity index (χ2n) is 3.89. The van der Waals surface area contributed by atoms with Crippen LogP contribution in [0.1, 0.15) is 20.3 Å². The maximum absolute atomic E-state index is 5.69. The average molecular weight is 182 g/mol. The summed E-state index contributed by atoms with van der Waals surface area (Å²) < 4.78 is 16.7. The summed E-state index contributed by atoms with van der Waals surface area (Å²) in [6.45, 7) is 4.47. The van der Waals surface area contributed by atoms with Gasteiger partial charge in [0.25, 0.3) is 0 Å². The summed E-state index contributed by atoms with van der Waals surface area (Å²) in [4.78, 5) is 0. The maximum atomic E-state index is 5.69. The lowest BCUT2D eigenvalue weighted by atomic mass is 10.0. The molecule has 3 heteroatoms. The zero-order valence-corrected chi connectivity index (χ0v) is 7.95. The van der Waals surface area contributed by atoms with Crippen molar-refractivity contribution in [3.8, 4) is 12.3 Å². The van der Waals surface area contributed by atoms with Crippen LogP contribution in [0.4, 0.5) is 0 Å². The Kier molecular flexibility index (Phi) is 2.07. The van der Waals surface area contributed by atoms with Crippen LogP contribution in [0, 0.1) is 12.3 Å². The van der Waals surface area contributed by atoms with E-state index in [0.29, 0.717) is 6.61 Å². The van der Waals surface area contributed by atoms with Crippen molar-refractivity contribution in [2.75, 3.05) is 6.61 Å². The van der Waals surface area contributed by atoms with Gasteiger partial charge in [-0.25, -0.2) is 0 Å². The van der Waals surface area contributed by atoms with Crippen molar-refractivity contribution in [1.29, 1.82) is 0 Å². The highest BCUT2D eigenvalue weighted by molar-refractivity contribution is 5.05. The second kappa shape index (κ2) is 2.98. The summed E-state index contributed by atoms with van der Waals surface area (Å²) in [5.74, 6) is 2.07. The van der Waals surface area contributed by atoms with Gasteiger partial charge in [-0.15, -0.1) is 6.42 Å². The third kappa shape index (κ3) is 1.58. The topological polar surface area (TPSA) is 27.7 Å². The van der Waals surface area contributed by atoms with E-state index in [1.54, 1.807) is 0 Å². The molecule has 2 aliphatic rings. The summed E-state index contributed by atoms with van der Waals surface area (Å²) >= 11 is 0. The summed E-state index contributed by atoms with van der Waals surface area (Å²) in [5.41, 5.74) is 0. The first-order valence-electron chi connectivity index (χ1n) is 4.56. The van der Waals surface area contributed by atoms with Crippen molar-refractivity contribution in [3.05, 3.63) is 0 Å². The molecule has 2 rings (SSSR count). The monoisotopic (exact) mass is 182 g/mol. The van der Waals surface area contributed by atoms with Gasteiger partial charge in [0, 0.05) is 0 Å². The Labute approximate surface area is 78.4 Å². The first-order chi connectivity index (χ1) is 6.12. The van der Waals surface area contributed by atoms with E-state index in [0.717, 1.165) is 6.42 Å². The molecule has 0 aliphatic carbocycles. The lowest BCUT2D eigenvalue weighted by Crippen LogP contribution is -2.41. The van der Waals surface area contributed by atoms with Gasteiger partial charge in [0.2, 0.25) is 0 Å². The van der Waals surface area contributed by atoms with Gasteiger partial charge in [-0.05, 0) is 20.3 Å². The SMILES string of the molecule is C#C[C@H]1OCC[C@H]2OC(C)(C)O[C@@H]12. The predicted molar refractivity (Wildman–Crippen MR) is 47.0 cm³/mol. The first kappa shape index (κ1) is 9.01. The summed E-state index contributed by atoms with van der Waals surface area (Å²) in [5, 5.41) is 0. The molecule has 2 aliphatic heterocycles. The van der Waals surface area contributed by atoms with Crippen LogP contribution >= 0.6 is 0 Å². The van der Waals surface area contributed by atoms with E-state index in [4.69, 9.17) is 20.6 Å². The molecule has 3 nitrogen and oxygen atoms in total. The van der Waals surface area contributed by atoms with Gasteiger partial charge in [-0.3, -0.25) is 0 Å². The van der Waals surface area contributed by atoms with E-state index in [1.165, 1.54) is 0 Å². The molecule has 72 valence electrons. The van der Waals surface area contributed by atoms with Crippen LogP contribution in [0.3, 0.4) is 0 Å². The fourth-order valence-corrected chi connectivity index (χ4v) is 1.89. The Morgan fingerprint density at radius 3 is 2.85 bits per heavy atom. The molecule has 0 amide bonds. The van der Waals surface area contributed by atoms with E-state index >= 15 is 0 Å². The Bertz CT molecular complexity index is 241. The van der Waals surface area contributed by atoms with Crippen molar-refractivity contribution >= 4 is 0 Å². The minimum absolute atomic E-state index is 0.0891. The Balaban J connectivity index is 2.13. The molecule has 0 bridgehead atoms. The third-order valence-corrected chi connectivity index (χ3v) is 2.38. The first-order valence-corrected chi connectivity index (χ1v) is 4.56. The normalized spacial score (nSPS) is 42.4. The minimum Gasteiger partial charge on any atom is -0.363 e. The van der Waals surface area contributed by atoms with E-state index in [9.17, 15) is 0 Å². The van der Waals surface area contributed by atoms with Crippen molar-refractivity contribution in [1.82, 2.24) is 0 Å². The number of rotatable bonds is 0. The molecule has 0 unspecified atom stereocenters. The standard InChI is InChI=1S/C10H14O3/c1-4-7-9-8(5-6-11-7)12-10(2,3)13-9/h1,7-9H,5-6H2,2-3H3/t7-,8-,9+/m1/s1. The van der Waals surface area contributed by atoms with Gasteiger partial charge in [0.05, 0.1) is 12.7 Å². The fourth-order valence-electron chi connectivity index (χ4n) is 1.89. The number of hydrogen-bond acceptors (Lipinski definition) is 3. The summed E-state index contributed by atoms with van der Waals surface area (Å²) in [7, 11) is 0. The molecule has 2 heterocycles. The third-order valence-electron chi connectivity index (χ3n) is 2.38. The number of ether oxygens (including phenoxy) is 3. The Morgan fingerprint density at radius 2 is 2.15 bits per heavy atom. The fraction of sp³-hybridized carbons (Fsp3) is 0.800. The molecule has 3 atom stereocenters. The van der Waals surface area contributed by atoms with E-state index in [1.807, 2.05) is 13.8 Å². The molecular formula is C10H14O3. The van der Waals surface area contributed by atoms with E-state index < -0.39 is 5.79 Å². The van der Waals surface area contributed by atoms with Crippen LogP contribution in [0.25, 0.3) is 0 Å². The van der Waals surface area contributed by atoms with Gasteiger partial charge < -0.3 is 14.2 Å². The number of fused-ring (bicyclic) bond motifs is 1. The Hall–Kier alpha value is -0.560. The molecule has 0 spiro atoms. The Morgan fingerprint density at radius 1 is 1.38 bits per heavy atom. The molecular weight excluding hydrogens is 168 g/mol.